The number of hydrogen-bond donors (Lipinski definition) is 1. The summed E-state index contributed by atoms with van der Waals surface area (Å²) in [6, 6.07) is 9.84. The van der Waals surface area contributed by atoms with E-state index in [0.29, 0.717) is 24.2 Å². The van der Waals surface area contributed by atoms with Crippen molar-refractivity contribution in [2.75, 3.05) is 26.2 Å². The number of amides is 1. The molecule has 2 aromatic rings. The number of Topliss-reactive ketones (excluding diaryl/α,β-unsaturated/α-hetero) is 1. The van der Waals surface area contributed by atoms with Crippen LogP contribution in [-0.2, 0) is 0 Å². The first-order chi connectivity index (χ1) is 13.4. The zero-order valence-corrected chi connectivity index (χ0v) is 16.8. The van der Waals surface area contributed by atoms with Gasteiger partial charge in [0.15, 0.2) is 5.78 Å². The van der Waals surface area contributed by atoms with Crippen LogP contribution < -0.4 is 5.32 Å². The highest BCUT2D eigenvalue weighted by atomic mass is 79.9. The zero-order valence-electron chi connectivity index (χ0n) is 15.3. The third-order valence-corrected chi connectivity index (χ3v) is 5.59. The van der Waals surface area contributed by atoms with Gasteiger partial charge in [0.25, 0.3) is 5.91 Å². The van der Waals surface area contributed by atoms with Crippen LogP contribution in [-0.4, -0.2) is 42.8 Å². The molecule has 0 unspecified atom stereocenters. The molecule has 0 saturated carbocycles. The Labute approximate surface area is 171 Å². The van der Waals surface area contributed by atoms with Crippen LogP contribution in [0.15, 0.2) is 46.9 Å². The largest absolute Gasteiger partial charge is 0.351 e. The fourth-order valence-corrected chi connectivity index (χ4v) is 3.71. The Kier molecular flexibility index (Phi) is 6.91. The van der Waals surface area contributed by atoms with Gasteiger partial charge in [0.05, 0.1) is 4.47 Å². The van der Waals surface area contributed by atoms with Crippen LogP contribution in [0.2, 0.25) is 0 Å². The summed E-state index contributed by atoms with van der Waals surface area (Å²) in [6.07, 6.45) is 1.49. The molecule has 1 amide bonds. The molecule has 1 aliphatic heterocycles. The summed E-state index contributed by atoms with van der Waals surface area (Å²) in [5.74, 6) is -0.985. The molecule has 0 atom stereocenters. The summed E-state index contributed by atoms with van der Waals surface area (Å²) in [6.45, 7) is 2.71. The Morgan fingerprint density at radius 2 is 1.68 bits per heavy atom. The summed E-state index contributed by atoms with van der Waals surface area (Å²) in [5.41, 5.74) is 0.953. The van der Waals surface area contributed by atoms with Gasteiger partial charge in [0.1, 0.15) is 11.6 Å². The molecule has 4 nitrogen and oxygen atoms in total. The van der Waals surface area contributed by atoms with E-state index in [-0.39, 0.29) is 27.9 Å². The van der Waals surface area contributed by atoms with E-state index in [4.69, 9.17) is 0 Å². The van der Waals surface area contributed by atoms with E-state index in [1.54, 1.807) is 0 Å². The molecule has 7 heteroatoms. The number of carbonyl (C=O) groups excluding carboxylic acids is 2. The second kappa shape index (κ2) is 9.39. The Morgan fingerprint density at radius 3 is 2.32 bits per heavy atom. The first-order valence-corrected chi connectivity index (χ1v) is 9.99. The van der Waals surface area contributed by atoms with Crippen molar-refractivity contribution in [3.05, 3.63) is 69.7 Å². The van der Waals surface area contributed by atoms with Crippen LogP contribution >= 0.6 is 15.9 Å². The van der Waals surface area contributed by atoms with Gasteiger partial charge < -0.3 is 10.2 Å². The van der Waals surface area contributed by atoms with Gasteiger partial charge in [-0.25, -0.2) is 8.78 Å². The van der Waals surface area contributed by atoms with E-state index in [9.17, 15) is 18.4 Å². The quantitative estimate of drug-likeness (QED) is 0.675. The lowest BCUT2D eigenvalue weighted by Crippen LogP contribution is -2.41. The van der Waals surface area contributed by atoms with Gasteiger partial charge in [0.2, 0.25) is 0 Å². The number of rotatable bonds is 6. The van der Waals surface area contributed by atoms with Crippen LogP contribution in [0.4, 0.5) is 8.78 Å². The van der Waals surface area contributed by atoms with Crippen molar-refractivity contribution in [2.45, 2.75) is 12.8 Å². The first-order valence-electron chi connectivity index (χ1n) is 9.19. The minimum atomic E-state index is -0.408. The molecule has 0 bridgehead atoms. The third kappa shape index (κ3) is 5.23. The lowest BCUT2D eigenvalue weighted by atomic mass is 9.89. The van der Waals surface area contributed by atoms with Crippen molar-refractivity contribution in [3.63, 3.8) is 0 Å². The molecule has 0 radical (unpaired) electrons. The summed E-state index contributed by atoms with van der Waals surface area (Å²) in [5, 5.41) is 2.83. The highest BCUT2D eigenvalue weighted by Crippen LogP contribution is 2.22. The summed E-state index contributed by atoms with van der Waals surface area (Å²) in [4.78, 5) is 26.8. The van der Waals surface area contributed by atoms with Crippen molar-refractivity contribution in [1.29, 1.82) is 0 Å². The maximum absolute atomic E-state index is 13.2. The fraction of sp³-hybridized carbons (Fsp3) is 0.333. The SMILES string of the molecule is O=C(NCCN1CCC(C(=O)c2ccc(F)cc2)CC1)c1ccc(F)c(Br)c1. The molecule has 1 heterocycles. The predicted octanol–water partition coefficient (Wildman–Crippen LogP) is 4.05. The number of piperidine rings is 1. The molecule has 2 aromatic carbocycles. The molecule has 28 heavy (non-hydrogen) atoms. The van der Waals surface area contributed by atoms with Gasteiger partial charge in [-0.05, 0) is 84.3 Å². The molecule has 3 rings (SSSR count). The van der Waals surface area contributed by atoms with E-state index >= 15 is 0 Å². The monoisotopic (exact) mass is 450 g/mol. The summed E-state index contributed by atoms with van der Waals surface area (Å²) >= 11 is 3.07. The molecular formula is C21H21BrF2N2O2. The van der Waals surface area contributed by atoms with Gasteiger partial charge in [-0.1, -0.05) is 0 Å². The number of nitrogens with one attached hydrogen (secondary N) is 1. The minimum absolute atomic E-state index is 0.0483. The second-order valence-corrected chi connectivity index (χ2v) is 7.73. The van der Waals surface area contributed by atoms with Crippen molar-refractivity contribution in [2.24, 2.45) is 5.92 Å². The topological polar surface area (TPSA) is 49.4 Å². The zero-order chi connectivity index (χ0) is 20.1. The number of halogens is 3. The number of hydrogen-bond acceptors (Lipinski definition) is 3. The average Bonchev–Trinajstić information content (AvgIpc) is 2.70. The van der Waals surface area contributed by atoms with E-state index in [1.165, 1.54) is 42.5 Å². The first kappa shape index (κ1) is 20.6. The van der Waals surface area contributed by atoms with Gasteiger partial charge in [-0.15, -0.1) is 0 Å². The van der Waals surface area contributed by atoms with Gasteiger partial charge >= 0.3 is 0 Å². The van der Waals surface area contributed by atoms with E-state index in [2.05, 4.69) is 26.1 Å². The normalized spacial score (nSPS) is 15.4. The van der Waals surface area contributed by atoms with Gasteiger partial charge in [0, 0.05) is 30.1 Å². The smallest absolute Gasteiger partial charge is 0.251 e. The molecule has 148 valence electrons. The molecule has 1 fully saturated rings. The van der Waals surface area contributed by atoms with Crippen molar-refractivity contribution >= 4 is 27.6 Å². The Bertz CT molecular complexity index is 850. The predicted molar refractivity (Wildman–Crippen MR) is 106 cm³/mol. The van der Waals surface area contributed by atoms with Crippen molar-refractivity contribution in [1.82, 2.24) is 10.2 Å². The van der Waals surface area contributed by atoms with E-state index in [1.807, 2.05) is 0 Å². The van der Waals surface area contributed by atoms with Crippen LogP contribution in [0.25, 0.3) is 0 Å². The average molecular weight is 451 g/mol. The summed E-state index contributed by atoms with van der Waals surface area (Å²) < 4.78 is 26.5. The third-order valence-electron chi connectivity index (χ3n) is 4.98. The number of benzene rings is 2. The summed E-state index contributed by atoms with van der Waals surface area (Å²) in [7, 11) is 0. The molecular weight excluding hydrogens is 430 g/mol. The van der Waals surface area contributed by atoms with Crippen LogP contribution in [0.1, 0.15) is 33.6 Å². The van der Waals surface area contributed by atoms with Crippen molar-refractivity contribution in [3.8, 4) is 0 Å². The minimum Gasteiger partial charge on any atom is -0.351 e. The van der Waals surface area contributed by atoms with Gasteiger partial charge in [-0.2, -0.15) is 0 Å². The molecule has 0 spiro atoms. The van der Waals surface area contributed by atoms with E-state index in [0.717, 1.165) is 25.9 Å². The van der Waals surface area contributed by atoms with Crippen LogP contribution in [0, 0.1) is 17.6 Å². The maximum atomic E-state index is 13.2. The molecule has 0 aromatic heterocycles. The number of carbonyl (C=O) groups is 2. The van der Waals surface area contributed by atoms with Crippen LogP contribution in [0.3, 0.4) is 0 Å². The Balaban J connectivity index is 1.42. The molecule has 1 saturated heterocycles. The second-order valence-electron chi connectivity index (χ2n) is 6.87. The number of likely N-dealkylation sites (tertiary alicyclic amines) is 1. The highest BCUT2D eigenvalue weighted by Gasteiger charge is 2.25. The maximum Gasteiger partial charge on any atom is 0.251 e. The molecule has 0 aliphatic carbocycles. The lowest BCUT2D eigenvalue weighted by Gasteiger charge is -2.31. The number of nitrogens with zero attached hydrogens (tertiary/aromatic N) is 1. The standard InChI is InChI=1S/C21H21BrF2N2O2/c22-18-13-16(3-6-19(18)24)21(28)25-9-12-26-10-7-15(8-11-26)20(27)14-1-4-17(23)5-2-14/h1-6,13,15H,7-12H2,(H,25,28). The molecule has 1 aliphatic rings. The Morgan fingerprint density at radius 1 is 1.04 bits per heavy atom. The lowest BCUT2D eigenvalue weighted by molar-refractivity contribution is 0.0839. The van der Waals surface area contributed by atoms with E-state index < -0.39 is 5.82 Å². The number of ketones is 1. The fourth-order valence-electron chi connectivity index (χ4n) is 3.34. The van der Waals surface area contributed by atoms with Crippen LogP contribution in [0.5, 0.6) is 0 Å². The highest BCUT2D eigenvalue weighted by molar-refractivity contribution is 9.10. The van der Waals surface area contributed by atoms with Crippen molar-refractivity contribution < 1.29 is 18.4 Å². The van der Waals surface area contributed by atoms with Gasteiger partial charge in [-0.3, -0.25) is 9.59 Å². The Hall–Kier alpha value is -2.12. The molecule has 1 N–H and O–H groups in total.